The first kappa shape index (κ1) is 11.5. The van der Waals surface area contributed by atoms with E-state index in [9.17, 15) is 0 Å². The first-order valence-electron chi connectivity index (χ1n) is 6.27. The van der Waals surface area contributed by atoms with Crippen molar-refractivity contribution in [2.24, 2.45) is 11.7 Å². The molecule has 1 aliphatic rings. The minimum absolute atomic E-state index is 0.649. The number of benzene rings is 1. The van der Waals surface area contributed by atoms with Crippen LogP contribution in [-0.4, -0.2) is 13.2 Å². The van der Waals surface area contributed by atoms with E-state index in [1.165, 1.54) is 24.8 Å². The van der Waals surface area contributed by atoms with Crippen LogP contribution in [0.25, 0.3) is 0 Å². The molecule has 2 heteroatoms. The van der Waals surface area contributed by atoms with Crippen LogP contribution in [0.1, 0.15) is 37.7 Å². The molecule has 88 valence electrons. The summed E-state index contributed by atoms with van der Waals surface area (Å²) >= 11 is 0. The van der Waals surface area contributed by atoms with Crippen LogP contribution in [0.2, 0.25) is 0 Å². The molecule has 1 aromatic rings. The average molecular weight is 219 g/mol. The Bertz CT molecular complexity index is 337. The third kappa shape index (κ3) is 2.38. The standard InChI is InChI=1S/C14H21NO/c1-2-16-14-6-4-3-5-13(14)12-8-7-11(9-12)10-15/h3-6,11-12H,2,7-10,15H2,1H3. The monoisotopic (exact) mass is 219 g/mol. The third-order valence-electron chi connectivity index (χ3n) is 3.53. The maximum Gasteiger partial charge on any atom is 0.122 e. The summed E-state index contributed by atoms with van der Waals surface area (Å²) in [5.74, 6) is 2.42. The molecule has 2 rings (SSSR count). The van der Waals surface area contributed by atoms with E-state index in [1.54, 1.807) is 0 Å². The lowest BCUT2D eigenvalue weighted by atomic mass is 9.95. The minimum atomic E-state index is 0.649. The molecular formula is C14H21NO. The molecule has 0 saturated heterocycles. The fourth-order valence-corrected chi connectivity index (χ4v) is 2.68. The van der Waals surface area contributed by atoms with Gasteiger partial charge in [-0.05, 0) is 56.2 Å². The van der Waals surface area contributed by atoms with Gasteiger partial charge in [0.25, 0.3) is 0 Å². The Balaban J connectivity index is 2.14. The second-order valence-electron chi connectivity index (χ2n) is 4.58. The topological polar surface area (TPSA) is 35.2 Å². The van der Waals surface area contributed by atoms with E-state index < -0.39 is 0 Å². The number of nitrogens with two attached hydrogens (primary N) is 1. The predicted octanol–water partition coefficient (Wildman–Crippen LogP) is 2.93. The van der Waals surface area contributed by atoms with Crippen LogP contribution in [0.15, 0.2) is 24.3 Å². The Morgan fingerprint density at radius 3 is 2.81 bits per heavy atom. The first-order valence-corrected chi connectivity index (χ1v) is 6.27. The van der Waals surface area contributed by atoms with Gasteiger partial charge in [0.1, 0.15) is 5.75 Å². The molecule has 0 amide bonds. The molecule has 0 heterocycles. The lowest BCUT2D eigenvalue weighted by Crippen LogP contribution is -2.10. The van der Waals surface area contributed by atoms with Crippen LogP contribution in [0, 0.1) is 5.92 Å². The molecule has 0 aliphatic heterocycles. The van der Waals surface area contributed by atoms with Crippen molar-refractivity contribution in [3.63, 3.8) is 0 Å². The Hall–Kier alpha value is -1.02. The van der Waals surface area contributed by atoms with Crippen LogP contribution in [-0.2, 0) is 0 Å². The fourth-order valence-electron chi connectivity index (χ4n) is 2.68. The summed E-state index contributed by atoms with van der Waals surface area (Å²) in [6.45, 7) is 3.60. The van der Waals surface area contributed by atoms with Gasteiger partial charge in [0, 0.05) is 0 Å². The van der Waals surface area contributed by atoms with Gasteiger partial charge in [0.2, 0.25) is 0 Å². The highest BCUT2D eigenvalue weighted by molar-refractivity contribution is 5.36. The quantitative estimate of drug-likeness (QED) is 0.845. The molecule has 0 aromatic heterocycles. The van der Waals surface area contributed by atoms with Gasteiger partial charge in [-0.3, -0.25) is 0 Å². The van der Waals surface area contributed by atoms with Crippen molar-refractivity contribution in [2.45, 2.75) is 32.1 Å². The number of hydrogen-bond acceptors (Lipinski definition) is 2. The molecule has 1 aliphatic carbocycles. The van der Waals surface area contributed by atoms with Crippen LogP contribution in [0.4, 0.5) is 0 Å². The molecule has 16 heavy (non-hydrogen) atoms. The van der Waals surface area contributed by atoms with Crippen molar-refractivity contribution >= 4 is 0 Å². The summed E-state index contributed by atoms with van der Waals surface area (Å²) < 4.78 is 5.69. The highest BCUT2D eigenvalue weighted by atomic mass is 16.5. The van der Waals surface area contributed by atoms with Gasteiger partial charge < -0.3 is 10.5 Å². The lowest BCUT2D eigenvalue weighted by molar-refractivity contribution is 0.333. The van der Waals surface area contributed by atoms with Crippen molar-refractivity contribution < 1.29 is 4.74 Å². The Morgan fingerprint density at radius 1 is 1.31 bits per heavy atom. The van der Waals surface area contributed by atoms with Gasteiger partial charge in [-0.2, -0.15) is 0 Å². The molecule has 0 bridgehead atoms. The van der Waals surface area contributed by atoms with Gasteiger partial charge in [-0.25, -0.2) is 0 Å². The zero-order chi connectivity index (χ0) is 11.4. The molecule has 2 N–H and O–H groups in total. The molecule has 1 saturated carbocycles. The van der Waals surface area contributed by atoms with Gasteiger partial charge in [-0.15, -0.1) is 0 Å². The van der Waals surface area contributed by atoms with E-state index in [2.05, 4.69) is 18.2 Å². The van der Waals surface area contributed by atoms with Crippen molar-refractivity contribution in [1.82, 2.24) is 0 Å². The normalized spacial score (nSPS) is 24.6. The molecule has 1 fully saturated rings. The number of ether oxygens (including phenoxy) is 1. The van der Waals surface area contributed by atoms with Crippen molar-refractivity contribution in [2.75, 3.05) is 13.2 Å². The van der Waals surface area contributed by atoms with E-state index in [4.69, 9.17) is 10.5 Å². The predicted molar refractivity (Wildman–Crippen MR) is 66.7 cm³/mol. The summed E-state index contributed by atoms with van der Waals surface area (Å²) in [5.41, 5.74) is 7.11. The van der Waals surface area contributed by atoms with E-state index in [0.717, 1.165) is 18.9 Å². The summed E-state index contributed by atoms with van der Waals surface area (Å²) in [7, 11) is 0. The Morgan fingerprint density at radius 2 is 2.12 bits per heavy atom. The van der Waals surface area contributed by atoms with Crippen LogP contribution < -0.4 is 10.5 Å². The molecule has 0 radical (unpaired) electrons. The van der Waals surface area contributed by atoms with E-state index in [-0.39, 0.29) is 0 Å². The first-order chi connectivity index (χ1) is 7.85. The van der Waals surface area contributed by atoms with Crippen molar-refractivity contribution in [1.29, 1.82) is 0 Å². The van der Waals surface area contributed by atoms with E-state index >= 15 is 0 Å². The van der Waals surface area contributed by atoms with Crippen LogP contribution >= 0.6 is 0 Å². The third-order valence-corrected chi connectivity index (χ3v) is 3.53. The molecule has 2 nitrogen and oxygen atoms in total. The molecule has 1 aromatic carbocycles. The highest BCUT2D eigenvalue weighted by Crippen LogP contribution is 2.41. The zero-order valence-electron chi connectivity index (χ0n) is 9.99. The number of para-hydroxylation sites is 1. The second-order valence-corrected chi connectivity index (χ2v) is 4.58. The smallest absolute Gasteiger partial charge is 0.122 e. The summed E-state index contributed by atoms with van der Waals surface area (Å²) in [6, 6.07) is 8.43. The van der Waals surface area contributed by atoms with Crippen LogP contribution in [0.5, 0.6) is 5.75 Å². The number of hydrogen-bond donors (Lipinski definition) is 1. The fraction of sp³-hybridized carbons (Fsp3) is 0.571. The van der Waals surface area contributed by atoms with E-state index in [1.807, 2.05) is 13.0 Å². The zero-order valence-corrected chi connectivity index (χ0v) is 9.99. The molecule has 0 spiro atoms. The summed E-state index contributed by atoms with van der Waals surface area (Å²) in [5, 5.41) is 0. The minimum Gasteiger partial charge on any atom is -0.494 e. The largest absolute Gasteiger partial charge is 0.494 e. The molecule has 2 atom stereocenters. The summed E-state index contributed by atoms with van der Waals surface area (Å²) in [4.78, 5) is 0. The van der Waals surface area contributed by atoms with Crippen LogP contribution in [0.3, 0.4) is 0 Å². The van der Waals surface area contributed by atoms with Gasteiger partial charge >= 0.3 is 0 Å². The number of rotatable bonds is 4. The SMILES string of the molecule is CCOc1ccccc1C1CCC(CN)C1. The average Bonchev–Trinajstić information content (AvgIpc) is 2.79. The maximum absolute atomic E-state index is 5.74. The summed E-state index contributed by atoms with van der Waals surface area (Å²) in [6.07, 6.45) is 3.74. The van der Waals surface area contributed by atoms with Crippen molar-refractivity contribution in [3.8, 4) is 5.75 Å². The lowest BCUT2D eigenvalue weighted by Gasteiger charge is -2.15. The molecular weight excluding hydrogens is 198 g/mol. The van der Waals surface area contributed by atoms with Crippen molar-refractivity contribution in [3.05, 3.63) is 29.8 Å². The Labute approximate surface area is 97.8 Å². The van der Waals surface area contributed by atoms with E-state index in [0.29, 0.717) is 11.8 Å². The molecule has 2 unspecified atom stereocenters. The van der Waals surface area contributed by atoms with Gasteiger partial charge in [0.15, 0.2) is 0 Å². The second kappa shape index (κ2) is 5.35. The van der Waals surface area contributed by atoms with Gasteiger partial charge in [-0.1, -0.05) is 18.2 Å². The Kier molecular flexibility index (Phi) is 3.83. The van der Waals surface area contributed by atoms with Gasteiger partial charge in [0.05, 0.1) is 6.61 Å². The maximum atomic E-state index is 5.74. The highest BCUT2D eigenvalue weighted by Gasteiger charge is 2.26.